The molecule has 1 N–H and O–H groups in total. The van der Waals surface area contributed by atoms with Gasteiger partial charge in [0.25, 0.3) is 0 Å². The Labute approximate surface area is 178 Å². The Morgan fingerprint density at radius 3 is 2.59 bits per heavy atom. The van der Waals surface area contributed by atoms with Crippen molar-refractivity contribution in [3.8, 4) is 17.0 Å². The summed E-state index contributed by atoms with van der Waals surface area (Å²) >= 11 is 0. The van der Waals surface area contributed by atoms with E-state index < -0.39 is 34.7 Å². The van der Waals surface area contributed by atoms with Crippen LogP contribution in [0.25, 0.3) is 22.3 Å². The summed E-state index contributed by atoms with van der Waals surface area (Å²) in [5.74, 6) is -4.93. The number of benzene rings is 1. The molecule has 7 nitrogen and oxygen atoms in total. The minimum absolute atomic E-state index is 0.167. The Morgan fingerprint density at radius 2 is 1.94 bits per heavy atom. The van der Waals surface area contributed by atoms with E-state index in [1.165, 1.54) is 17.9 Å². The first-order chi connectivity index (χ1) is 15.1. The average molecular weight is 455 g/mol. The summed E-state index contributed by atoms with van der Waals surface area (Å²) in [5.41, 5.74) is -2.66. The molecule has 1 aromatic carbocycles. The number of phenolic OH excluding ortho intramolecular Hbond substituents is 1. The molecule has 2 aromatic heterocycles. The molecule has 0 bridgehead atoms. The van der Waals surface area contributed by atoms with Crippen molar-refractivity contribution in [3.63, 3.8) is 0 Å². The molecule has 5 rings (SSSR count). The van der Waals surface area contributed by atoms with Crippen molar-refractivity contribution in [1.82, 2.24) is 19.7 Å². The summed E-state index contributed by atoms with van der Waals surface area (Å²) in [4.78, 5) is 10.8. The lowest BCUT2D eigenvalue weighted by Gasteiger charge is -2.48. The van der Waals surface area contributed by atoms with Gasteiger partial charge in [-0.1, -0.05) is 0 Å². The third kappa shape index (κ3) is 3.15. The van der Waals surface area contributed by atoms with Gasteiger partial charge in [0.2, 0.25) is 5.95 Å². The second-order valence-corrected chi connectivity index (χ2v) is 8.13. The molecule has 1 spiro atoms. The van der Waals surface area contributed by atoms with E-state index in [1.807, 2.05) is 4.90 Å². The van der Waals surface area contributed by atoms with Crippen molar-refractivity contribution in [2.45, 2.75) is 31.0 Å². The van der Waals surface area contributed by atoms with Gasteiger partial charge in [0, 0.05) is 31.9 Å². The predicted molar refractivity (Wildman–Crippen MR) is 103 cm³/mol. The van der Waals surface area contributed by atoms with E-state index in [9.17, 15) is 27.1 Å². The van der Waals surface area contributed by atoms with Gasteiger partial charge in [0.15, 0.2) is 23.0 Å². The molecule has 1 saturated carbocycles. The van der Waals surface area contributed by atoms with Gasteiger partial charge in [-0.3, -0.25) is 0 Å². The lowest BCUT2D eigenvalue weighted by Crippen LogP contribution is -2.56. The van der Waals surface area contributed by atoms with E-state index in [4.69, 9.17) is 4.74 Å². The number of anilines is 1. The van der Waals surface area contributed by atoms with E-state index >= 15 is 0 Å². The molecular formula is C20H18F5N5O2. The Morgan fingerprint density at radius 1 is 1.19 bits per heavy atom. The van der Waals surface area contributed by atoms with Crippen molar-refractivity contribution >= 4 is 17.0 Å². The van der Waals surface area contributed by atoms with Crippen LogP contribution >= 0.6 is 0 Å². The summed E-state index contributed by atoms with van der Waals surface area (Å²) in [7, 11) is 1.50. The Hall–Kier alpha value is -3.02. The zero-order chi connectivity index (χ0) is 22.8. The van der Waals surface area contributed by atoms with Crippen LogP contribution in [-0.2, 0) is 18.0 Å². The molecule has 0 radical (unpaired) electrons. The maximum absolute atomic E-state index is 14.6. The number of halogens is 5. The highest BCUT2D eigenvalue weighted by Gasteiger charge is 2.43. The van der Waals surface area contributed by atoms with E-state index in [2.05, 4.69) is 15.1 Å². The topological polar surface area (TPSA) is 76.3 Å². The van der Waals surface area contributed by atoms with Gasteiger partial charge in [-0.25, -0.2) is 18.4 Å². The minimum atomic E-state index is -5.13. The number of aryl methyl sites for hydroxylation is 1. The highest BCUT2D eigenvalue weighted by Crippen LogP contribution is 2.42. The Bertz CT molecular complexity index is 1220. The van der Waals surface area contributed by atoms with E-state index in [1.54, 1.807) is 0 Å². The van der Waals surface area contributed by atoms with Crippen molar-refractivity contribution in [3.05, 3.63) is 29.5 Å². The molecule has 1 aliphatic carbocycles. The minimum Gasteiger partial charge on any atom is -0.503 e. The van der Waals surface area contributed by atoms with Crippen LogP contribution in [0.1, 0.15) is 24.8 Å². The molecule has 0 atom stereocenters. The highest BCUT2D eigenvalue weighted by molar-refractivity contribution is 5.91. The molecule has 12 heteroatoms. The molecule has 3 heterocycles. The van der Waals surface area contributed by atoms with Crippen LogP contribution in [0.4, 0.5) is 27.9 Å². The van der Waals surface area contributed by atoms with Crippen LogP contribution in [-0.4, -0.2) is 50.2 Å². The summed E-state index contributed by atoms with van der Waals surface area (Å²) in [6.45, 7) is 1.73. The number of alkyl halides is 3. The number of aromatic hydroxyl groups is 1. The fraction of sp³-hybridized carbons (Fsp3) is 0.450. The Kier molecular flexibility index (Phi) is 4.56. The fourth-order valence-corrected chi connectivity index (χ4v) is 4.27. The van der Waals surface area contributed by atoms with Crippen LogP contribution < -0.4 is 4.90 Å². The molecule has 0 amide bonds. The SMILES string of the molecule is Cn1nc(-c2cc(C(F)(F)F)c(F)c(O)c2F)c2cnc(N3CCOC4(CCC4)C3)nc21. The normalized spacial score (nSPS) is 18.4. The van der Waals surface area contributed by atoms with Crippen molar-refractivity contribution in [2.24, 2.45) is 7.05 Å². The number of rotatable bonds is 2. The second kappa shape index (κ2) is 6.99. The third-order valence-electron chi connectivity index (χ3n) is 6.10. The van der Waals surface area contributed by atoms with Crippen molar-refractivity contribution in [1.29, 1.82) is 0 Å². The van der Waals surface area contributed by atoms with Gasteiger partial charge in [0.1, 0.15) is 5.69 Å². The van der Waals surface area contributed by atoms with Gasteiger partial charge in [0.05, 0.1) is 23.2 Å². The molecular weight excluding hydrogens is 437 g/mol. The van der Waals surface area contributed by atoms with Gasteiger partial charge in [-0.15, -0.1) is 0 Å². The third-order valence-corrected chi connectivity index (χ3v) is 6.10. The number of hydrogen-bond donors (Lipinski definition) is 1. The number of hydrogen-bond acceptors (Lipinski definition) is 6. The number of fused-ring (bicyclic) bond motifs is 1. The van der Waals surface area contributed by atoms with Crippen molar-refractivity contribution in [2.75, 3.05) is 24.6 Å². The summed E-state index contributed by atoms with van der Waals surface area (Å²) < 4.78 is 75.2. The quantitative estimate of drug-likeness (QED) is 0.593. The van der Waals surface area contributed by atoms with Gasteiger partial charge < -0.3 is 14.7 Å². The molecule has 1 aliphatic heterocycles. The van der Waals surface area contributed by atoms with Gasteiger partial charge >= 0.3 is 6.18 Å². The Balaban J connectivity index is 1.59. The maximum atomic E-state index is 14.6. The molecule has 1 saturated heterocycles. The van der Waals surface area contributed by atoms with Crippen LogP contribution in [0.3, 0.4) is 0 Å². The van der Waals surface area contributed by atoms with E-state index in [-0.39, 0.29) is 22.3 Å². The highest BCUT2D eigenvalue weighted by atomic mass is 19.4. The number of aromatic nitrogens is 4. The zero-order valence-electron chi connectivity index (χ0n) is 16.9. The molecule has 170 valence electrons. The fourth-order valence-electron chi connectivity index (χ4n) is 4.27. The van der Waals surface area contributed by atoms with Crippen LogP contribution in [0.15, 0.2) is 12.3 Å². The first kappa shape index (κ1) is 20.9. The number of morpholine rings is 1. The summed E-state index contributed by atoms with van der Waals surface area (Å²) in [6.07, 6.45) is -0.788. The molecule has 3 aromatic rings. The van der Waals surface area contributed by atoms with Crippen LogP contribution in [0, 0.1) is 11.6 Å². The molecule has 2 fully saturated rings. The average Bonchev–Trinajstić information content (AvgIpc) is 3.06. The summed E-state index contributed by atoms with van der Waals surface area (Å²) in [5, 5.41) is 13.9. The first-order valence-electron chi connectivity index (χ1n) is 9.97. The monoisotopic (exact) mass is 455 g/mol. The number of nitrogens with zero attached hydrogens (tertiary/aromatic N) is 5. The lowest BCUT2D eigenvalue weighted by molar-refractivity contribution is -0.140. The smallest absolute Gasteiger partial charge is 0.419 e. The number of phenols is 1. The summed E-state index contributed by atoms with van der Waals surface area (Å²) in [6, 6.07) is 0.294. The molecule has 2 aliphatic rings. The van der Waals surface area contributed by atoms with E-state index in [0.717, 1.165) is 19.3 Å². The lowest BCUT2D eigenvalue weighted by atomic mass is 9.79. The predicted octanol–water partition coefficient (Wildman–Crippen LogP) is 3.79. The standard InChI is InChI=1S/C20H18F5N5O2/c1-29-17-11(8-26-18(27-17)30-5-6-32-19(9-30)3-2-4-19)15(28-29)10-7-12(20(23,24)25)14(22)16(31)13(10)21/h7-8,31H,2-6,9H2,1H3. The van der Waals surface area contributed by atoms with Gasteiger partial charge in [-0.2, -0.15) is 23.3 Å². The first-order valence-corrected chi connectivity index (χ1v) is 9.97. The van der Waals surface area contributed by atoms with Gasteiger partial charge in [-0.05, 0) is 25.3 Å². The molecule has 32 heavy (non-hydrogen) atoms. The largest absolute Gasteiger partial charge is 0.503 e. The van der Waals surface area contributed by atoms with Crippen LogP contribution in [0.2, 0.25) is 0 Å². The second-order valence-electron chi connectivity index (χ2n) is 8.13. The zero-order valence-corrected chi connectivity index (χ0v) is 16.9. The van der Waals surface area contributed by atoms with Crippen LogP contribution in [0.5, 0.6) is 5.75 Å². The number of ether oxygens (including phenoxy) is 1. The van der Waals surface area contributed by atoms with Crippen molar-refractivity contribution < 1.29 is 31.8 Å². The maximum Gasteiger partial charge on any atom is 0.419 e. The van der Waals surface area contributed by atoms with E-state index in [0.29, 0.717) is 31.7 Å². The molecule has 0 unspecified atom stereocenters.